The molecule has 1 aromatic heterocycles. The van der Waals surface area contributed by atoms with Crippen LogP contribution in [0, 0.1) is 0 Å². The predicted octanol–water partition coefficient (Wildman–Crippen LogP) is 2.02. The number of piperazine rings is 1. The average Bonchev–Trinajstić information content (AvgIpc) is 3.03. The molecule has 1 aliphatic rings. The van der Waals surface area contributed by atoms with Gasteiger partial charge in [-0.15, -0.1) is 0 Å². The van der Waals surface area contributed by atoms with Crippen molar-refractivity contribution in [2.45, 2.75) is 6.67 Å². The molecule has 0 radical (unpaired) electrons. The third kappa shape index (κ3) is 3.46. The van der Waals surface area contributed by atoms with Crippen molar-refractivity contribution in [1.82, 2.24) is 14.4 Å². The molecule has 0 spiro atoms. The molecule has 7 heteroatoms. The molecule has 4 rings (SSSR count). The van der Waals surface area contributed by atoms with Crippen molar-refractivity contribution in [3.63, 3.8) is 0 Å². The summed E-state index contributed by atoms with van der Waals surface area (Å²) in [5.74, 6) is 0.394. The maximum atomic E-state index is 12.6. The molecule has 1 saturated heterocycles. The van der Waals surface area contributed by atoms with Crippen LogP contribution in [0.25, 0.3) is 11.1 Å². The van der Waals surface area contributed by atoms with E-state index in [1.807, 2.05) is 23.1 Å². The minimum Gasteiger partial charge on any atom is -0.497 e. The summed E-state index contributed by atoms with van der Waals surface area (Å²) in [6.07, 6.45) is 0. The number of nitrogens with zero attached hydrogens (tertiary/aromatic N) is 3. The second-order valence-electron chi connectivity index (χ2n) is 6.54. The maximum Gasteiger partial charge on any atom is 0.421 e. The SMILES string of the molecule is COc1ccc(C(=O)N2CCN(Cn3c(=O)oc4ccccc43)CC2)cc1. The summed E-state index contributed by atoms with van der Waals surface area (Å²) < 4.78 is 12.0. The lowest BCUT2D eigenvalue weighted by molar-refractivity contribution is 0.0592. The quantitative estimate of drug-likeness (QED) is 0.706. The van der Waals surface area contributed by atoms with Crippen LogP contribution in [0.4, 0.5) is 0 Å². The van der Waals surface area contributed by atoms with Crippen LogP contribution in [0.2, 0.25) is 0 Å². The van der Waals surface area contributed by atoms with Gasteiger partial charge in [0, 0.05) is 31.7 Å². The topological polar surface area (TPSA) is 67.9 Å². The van der Waals surface area contributed by atoms with E-state index in [4.69, 9.17) is 9.15 Å². The van der Waals surface area contributed by atoms with Crippen molar-refractivity contribution in [3.05, 3.63) is 64.6 Å². The van der Waals surface area contributed by atoms with E-state index in [0.29, 0.717) is 44.0 Å². The van der Waals surface area contributed by atoms with E-state index in [2.05, 4.69) is 4.90 Å². The van der Waals surface area contributed by atoms with Gasteiger partial charge in [-0.05, 0) is 36.4 Å². The number of carbonyl (C=O) groups is 1. The van der Waals surface area contributed by atoms with Gasteiger partial charge in [-0.3, -0.25) is 14.3 Å². The first-order chi connectivity index (χ1) is 13.2. The first kappa shape index (κ1) is 17.4. The van der Waals surface area contributed by atoms with Gasteiger partial charge in [0.25, 0.3) is 5.91 Å². The molecule has 0 bridgehead atoms. The number of ether oxygens (including phenoxy) is 1. The number of hydrogen-bond acceptors (Lipinski definition) is 5. The van der Waals surface area contributed by atoms with Crippen LogP contribution in [-0.2, 0) is 6.67 Å². The van der Waals surface area contributed by atoms with E-state index in [1.54, 1.807) is 42.0 Å². The number of rotatable bonds is 4. The van der Waals surface area contributed by atoms with Crippen molar-refractivity contribution in [3.8, 4) is 5.75 Å². The van der Waals surface area contributed by atoms with Crippen molar-refractivity contribution < 1.29 is 13.9 Å². The fraction of sp³-hybridized carbons (Fsp3) is 0.300. The third-order valence-corrected chi connectivity index (χ3v) is 4.91. The third-order valence-electron chi connectivity index (χ3n) is 4.91. The Morgan fingerprint density at radius 2 is 1.74 bits per heavy atom. The van der Waals surface area contributed by atoms with Crippen LogP contribution in [0.1, 0.15) is 10.4 Å². The Balaban J connectivity index is 1.40. The van der Waals surface area contributed by atoms with Crippen LogP contribution >= 0.6 is 0 Å². The van der Waals surface area contributed by atoms with E-state index in [9.17, 15) is 9.59 Å². The highest BCUT2D eigenvalue weighted by Gasteiger charge is 2.23. The molecule has 1 fully saturated rings. The average molecular weight is 367 g/mol. The van der Waals surface area contributed by atoms with Gasteiger partial charge < -0.3 is 14.1 Å². The van der Waals surface area contributed by atoms with E-state index in [-0.39, 0.29) is 11.7 Å². The Bertz CT molecular complexity index is 998. The minimum atomic E-state index is -0.354. The monoisotopic (exact) mass is 367 g/mol. The summed E-state index contributed by atoms with van der Waals surface area (Å²) in [5, 5.41) is 0. The van der Waals surface area contributed by atoms with E-state index < -0.39 is 0 Å². The van der Waals surface area contributed by atoms with Crippen molar-refractivity contribution in [2.75, 3.05) is 33.3 Å². The van der Waals surface area contributed by atoms with Crippen LogP contribution in [0.3, 0.4) is 0 Å². The van der Waals surface area contributed by atoms with Gasteiger partial charge in [-0.1, -0.05) is 12.1 Å². The molecule has 2 heterocycles. The number of hydrogen-bond donors (Lipinski definition) is 0. The van der Waals surface area contributed by atoms with Gasteiger partial charge in [-0.25, -0.2) is 4.79 Å². The summed E-state index contributed by atoms with van der Waals surface area (Å²) in [6.45, 7) is 3.10. The van der Waals surface area contributed by atoms with Crippen molar-refractivity contribution in [2.24, 2.45) is 0 Å². The summed E-state index contributed by atoms with van der Waals surface area (Å²) in [5.41, 5.74) is 2.04. The van der Waals surface area contributed by atoms with Gasteiger partial charge in [0.1, 0.15) is 5.75 Å². The predicted molar refractivity (Wildman–Crippen MR) is 101 cm³/mol. The lowest BCUT2D eigenvalue weighted by atomic mass is 10.1. The van der Waals surface area contributed by atoms with Gasteiger partial charge in [0.2, 0.25) is 0 Å². The number of oxazole rings is 1. The van der Waals surface area contributed by atoms with E-state index in [0.717, 1.165) is 11.3 Å². The van der Waals surface area contributed by atoms with Crippen molar-refractivity contribution >= 4 is 17.0 Å². The van der Waals surface area contributed by atoms with E-state index in [1.165, 1.54) is 0 Å². The zero-order valence-electron chi connectivity index (χ0n) is 15.1. The van der Waals surface area contributed by atoms with Gasteiger partial charge in [0.15, 0.2) is 5.58 Å². The Labute approximate surface area is 156 Å². The summed E-state index contributed by atoms with van der Waals surface area (Å²) in [6, 6.07) is 14.6. The second kappa shape index (κ2) is 7.28. The minimum absolute atomic E-state index is 0.0169. The highest BCUT2D eigenvalue weighted by atomic mass is 16.5. The number of methoxy groups -OCH3 is 1. The Morgan fingerprint density at radius 1 is 1.04 bits per heavy atom. The standard InChI is InChI=1S/C20H21N3O4/c1-26-16-8-6-15(7-9-16)19(24)22-12-10-21(11-13-22)14-23-17-4-2-3-5-18(17)27-20(23)25/h2-9H,10-14H2,1H3. The summed E-state index contributed by atoms with van der Waals surface area (Å²) in [4.78, 5) is 28.8. The molecule has 140 valence electrons. The Morgan fingerprint density at radius 3 is 2.44 bits per heavy atom. The summed E-state index contributed by atoms with van der Waals surface area (Å²) >= 11 is 0. The lowest BCUT2D eigenvalue weighted by Gasteiger charge is -2.34. The van der Waals surface area contributed by atoms with Crippen LogP contribution < -0.4 is 10.5 Å². The summed E-state index contributed by atoms with van der Waals surface area (Å²) in [7, 11) is 1.60. The molecule has 1 amide bonds. The molecular weight excluding hydrogens is 346 g/mol. The second-order valence-corrected chi connectivity index (χ2v) is 6.54. The number of carbonyl (C=O) groups excluding carboxylic acids is 1. The highest BCUT2D eigenvalue weighted by molar-refractivity contribution is 5.94. The number of para-hydroxylation sites is 2. The van der Waals surface area contributed by atoms with E-state index >= 15 is 0 Å². The molecular formula is C20H21N3O4. The Hall–Kier alpha value is -3.06. The van der Waals surface area contributed by atoms with Crippen molar-refractivity contribution in [1.29, 1.82) is 0 Å². The number of benzene rings is 2. The zero-order valence-corrected chi connectivity index (χ0v) is 15.1. The Kier molecular flexibility index (Phi) is 4.68. The zero-order chi connectivity index (χ0) is 18.8. The van der Waals surface area contributed by atoms with Gasteiger partial charge in [0.05, 0.1) is 19.3 Å². The lowest BCUT2D eigenvalue weighted by Crippen LogP contribution is -2.49. The maximum absolute atomic E-state index is 12.6. The number of fused-ring (bicyclic) bond motifs is 1. The normalized spacial score (nSPS) is 15.2. The molecule has 0 N–H and O–H groups in total. The van der Waals surface area contributed by atoms with Gasteiger partial charge in [-0.2, -0.15) is 0 Å². The number of amides is 1. The molecule has 0 aliphatic carbocycles. The largest absolute Gasteiger partial charge is 0.497 e. The fourth-order valence-electron chi connectivity index (χ4n) is 3.36. The smallest absolute Gasteiger partial charge is 0.421 e. The molecule has 0 atom stereocenters. The van der Waals surface area contributed by atoms with Crippen LogP contribution in [0.15, 0.2) is 57.7 Å². The first-order valence-corrected chi connectivity index (χ1v) is 8.90. The molecule has 0 saturated carbocycles. The molecule has 3 aromatic rings. The van der Waals surface area contributed by atoms with Crippen LogP contribution in [0.5, 0.6) is 5.75 Å². The molecule has 7 nitrogen and oxygen atoms in total. The molecule has 2 aromatic carbocycles. The molecule has 1 aliphatic heterocycles. The fourth-order valence-corrected chi connectivity index (χ4v) is 3.36. The number of aromatic nitrogens is 1. The highest BCUT2D eigenvalue weighted by Crippen LogP contribution is 2.16. The van der Waals surface area contributed by atoms with Gasteiger partial charge >= 0.3 is 5.76 Å². The first-order valence-electron chi connectivity index (χ1n) is 8.90. The molecule has 27 heavy (non-hydrogen) atoms. The van der Waals surface area contributed by atoms with Crippen LogP contribution in [-0.4, -0.2) is 53.6 Å². The molecule has 0 unspecified atom stereocenters.